The second-order valence-corrected chi connectivity index (χ2v) is 4.75. The zero-order chi connectivity index (χ0) is 10.1. The van der Waals surface area contributed by atoms with E-state index < -0.39 is 5.41 Å². The van der Waals surface area contributed by atoms with Crippen molar-refractivity contribution in [2.75, 3.05) is 11.9 Å². The maximum absolute atomic E-state index is 11.6. The Hall–Kier alpha value is -0.380. The van der Waals surface area contributed by atoms with E-state index >= 15 is 0 Å². The predicted octanol–water partition coefficient (Wildman–Crippen LogP) is 1.56. The van der Waals surface area contributed by atoms with Crippen LogP contribution in [0.25, 0.3) is 0 Å². The number of alkyl halides is 1. The van der Waals surface area contributed by atoms with E-state index in [1.807, 2.05) is 13.8 Å². The number of amides is 2. The van der Waals surface area contributed by atoms with Gasteiger partial charge in [-0.15, -0.1) is 0 Å². The van der Waals surface area contributed by atoms with Crippen molar-refractivity contribution in [1.29, 1.82) is 0 Å². The fourth-order valence-electron chi connectivity index (χ4n) is 1.47. The summed E-state index contributed by atoms with van der Waals surface area (Å²) in [5.74, 6) is -0.0607. The molecule has 0 saturated carbocycles. The van der Waals surface area contributed by atoms with Gasteiger partial charge in [0.2, 0.25) is 11.8 Å². The first-order valence-corrected chi connectivity index (χ1v) is 5.52. The minimum absolute atomic E-state index is 0.0292. The van der Waals surface area contributed by atoms with E-state index in [0.29, 0.717) is 13.0 Å². The van der Waals surface area contributed by atoms with Crippen molar-refractivity contribution in [1.82, 2.24) is 4.90 Å². The van der Waals surface area contributed by atoms with Crippen LogP contribution in [0.2, 0.25) is 0 Å². The Labute approximate surface area is 86.6 Å². The molecule has 1 fully saturated rings. The number of carbonyl (C=O) groups excluding carboxylic acids is 2. The first kappa shape index (κ1) is 10.7. The Morgan fingerprint density at radius 1 is 1.46 bits per heavy atom. The molecule has 0 N–H and O–H groups in total. The molecule has 0 atom stereocenters. The van der Waals surface area contributed by atoms with E-state index in [9.17, 15) is 9.59 Å². The van der Waals surface area contributed by atoms with Crippen LogP contribution < -0.4 is 0 Å². The molecule has 0 aromatic carbocycles. The van der Waals surface area contributed by atoms with E-state index in [1.54, 1.807) is 0 Å². The predicted molar refractivity (Wildman–Crippen MR) is 53.5 cm³/mol. The summed E-state index contributed by atoms with van der Waals surface area (Å²) in [7, 11) is 0. The van der Waals surface area contributed by atoms with Crippen LogP contribution in [-0.2, 0) is 9.59 Å². The quantitative estimate of drug-likeness (QED) is 0.561. The first-order chi connectivity index (χ1) is 5.99. The molecule has 1 aliphatic heterocycles. The Morgan fingerprint density at radius 2 is 2.08 bits per heavy atom. The third-order valence-corrected chi connectivity index (χ3v) is 2.79. The molecule has 1 saturated heterocycles. The maximum atomic E-state index is 11.6. The summed E-state index contributed by atoms with van der Waals surface area (Å²) in [5, 5.41) is 0.824. The van der Waals surface area contributed by atoms with Crippen molar-refractivity contribution in [3.8, 4) is 0 Å². The Balaban J connectivity index is 2.66. The van der Waals surface area contributed by atoms with Gasteiger partial charge in [-0.3, -0.25) is 14.5 Å². The van der Waals surface area contributed by atoms with Crippen molar-refractivity contribution in [3.05, 3.63) is 0 Å². The average molecular weight is 248 g/mol. The molecule has 1 heterocycles. The van der Waals surface area contributed by atoms with Crippen LogP contribution in [-0.4, -0.2) is 28.6 Å². The van der Waals surface area contributed by atoms with E-state index in [-0.39, 0.29) is 11.8 Å². The Kier molecular flexibility index (Phi) is 3.11. The van der Waals surface area contributed by atoms with E-state index in [0.717, 1.165) is 11.8 Å². The van der Waals surface area contributed by atoms with Crippen molar-refractivity contribution < 1.29 is 9.59 Å². The molecule has 0 unspecified atom stereocenters. The van der Waals surface area contributed by atoms with Gasteiger partial charge in [-0.1, -0.05) is 29.8 Å². The monoisotopic (exact) mass is 247 g/mol. The number of likely N-dealkylation sites (tertiary alicyclic amines) is 1. The van der Waals surface area contributed by atoms with Crippen LogP contribution in [0.5, 0.6) is 0 Å². The summed E-state index contributed by atoms with van der Waals surface area (Å²) in [6.45, 7) is 4.19. The number of halogens is 1. The van der Waals surface area contributed by atoms with E-state index in [4.69, 9.17) is 0 Å². The zero-order valence-corrected chi connectivity index (χ0v) is 9.56. The number of rotatable bonds is 3. The topological polar surface area (TPSA) is 37.4 Å². The van der Waals surface area contributed by atoms with Gasteiger partial charge in [0.15, 0.2) is 0 Å². The number of hydrogen-bond donors (Lipinski definition) is 0. The minimum Gasteiger partial charge on any atom is -0.282 e. The molecule has 0 spiro atoms. The van der Waals surface area contributed by atoms with Crippen molar-refractivity contribution in [2.24, 2.45) is 5.41 Å². The number of nitrogens with zero attached hydrogens (tertiary/aromatic N) is 1. The summed E-state index contributed by atoms with van der Waals surface area (Å²) in [5.41, 5.74) is -0.483. The highest BCUT2D eigenvalue weighted by Crippen LogP contribution is 2.31. The molecule has 13 heavy (non-hydrogen) atoms. The van der Waals surface area contributed by atoms with Crippen molar-refractivity contribution in [2.45, 2.75) is 26.7 Å². The second kappa shape index (κ2) is 3.78. The fourth-order valence-corrected chi connectivity index (χ4v) is 1.72. The van der Waals surface area contributed by atoms with E-state index in [2.05, 4.69) is 15.9 Å². The Morgan fingerprint density at radius 3 is 2.46 bits per heavy atom. The van der Waals surface area contributed by atoms with Gasteiger partial charge >= 0.3 is 0 Å². The van der Waals surface area contributed by atoms with Crippen LogP contribution in [0, 0.1) is 5.41 Å². The normalized spacial score (nSPS) is 21.3. The van der Waals surface area contributed by atoms with Crippen LogP contribution in [0.15, 0.2) is 0 Å². The lowest BCUT2D eigenvalue weighted by atomic mass is 9.92. The summed E-state index contributed by atoms with van der Waals surface area (Å²) >= 11 is 3.28. The second-order valence-electron chi connectivity index (χ2n) is 3.95. The summed E-state index contributed by atoms with van der Waals surface area (Å²) in [4.78, 5) is 24.4. The molecule has 0 aromatic heterocycles. The van der Waals surface area contributed by atoms with Crippen LogP contribution in [0.3, 0.4) is 0 Å². The minimum atomic E-state index is -0.483. The first-order valence-electron chi connectivity index (χ1n) is 4.40. The maximum Gasteiger partial charge on any atom is 0.235 e. The van der Waals surface area contributed by atoms with Gasteiger partial charge in [0.05, 0.1) is 5.41 Å². The lowest BCUT2D eigenvalue weighted by molar-refractivity contribution is -0.140. The number of imide groups is 1. The molecule has 4 heteroatoms. The Bertz CT molecular complexity index is 238. The highest BCUT2D eigenvalue weighted by Gasteiger charge is 2.44. The van der Waals surface area contributed by atoms with Crippen molar-refractivity contribution in [3.63, 3.8) is 0 Å². The number of carbonyl (C=O) groups is 2. The van der Waals surface area contributed by atoms with Crippen molar-refractivity contribution >= 4 is 27.7 Å². The molecule has 1 rings (SSSR count). The molecule has 3 nitrogen and oxygen atoms in total. The molecule has 0 aliphatic carbocycles. The van der Waals surface area contributed by atoms with Gasteiger partial charge in [-0.2, -0.15) is 0 Å². The van der Waals surface area contributed by atoms with Gasteiger partial charge in [-0.25, -0.2) is 0 Å². The number of hydrogen-bond acceptors (Lipinski definition) is 2. The van der Waals surface area contributed by atoms with Gasteiger partial charge in [0.25, 0.3) is 0 Å². The molecule has 2 amide bonds. The smallest absolute Gasteiger partial charge is 0.235 e. The molecule has 0 radical (unpaired) electrons. The lowest BCUT2D eigenvalue weighted by Crippen LogP contribution is -2.33. The zero-order valence-electron chi connectivity index (χ0n) is 7.97. The third-order valence-electron chi connectivity index (χ3n) is 2.23. The molecular weight excluding hydrogens is 234 g/mol. The van der Waals surface area contributed by atoms with Crippen LogP contribution in [0.4, 0.5) is 0 Å². The van der Waals surface area contributed by atoms with Gasteiger partial charge < -0.3 is 0 Å². The standard InChI is InChI=1S/C9H14BrNO2/c1-9(2)6-7(12)11(8(9)13)5-3-4-10/h3-6H2,1-2H3. The molecular formula is C9H14BrNO2. The molecule has 74 valence electrons. The molecule has 1 aliphatic rings. The highest BCUT2D eigenvalue weighted by molar-refractivity contribution is 9.09. The summed E-state index contributed by atoms with van der Waals surface area (Å²) in [6, 6.07) is 0. The van der Waals surface area contributed by atoms with Gasteiger partial charge in [0, 0.05) is 18.3 Å². The third kappa shape index (κ3) is 2.10. The van der Waals surface area contributed by atoms with Gasteiger partial charge in [0.1, 0.15) is 0 Å². The SMILES string of the molecule is CC1(C)CC(=O)N(CCCBr)C1=O. The molecule has 0 bridgehead atoms. The highest BCUT2D eigenvalue weighted by atomic mass is 79.9. The molecule has 0 aromatic rings. The van der Waals surface area contributed by atoms with E-state index in [1.165, 1.54) is 4.90 Å². The summed E-state index contributed by atoms with van der Waals surface area (Å²) < 4.78 is 0. The summed E-state index contributed by atoms with van der Waals surface area (Å²) in [6.07, 6.45) is 1.18. The van der Waals surface area contributed by atoms with Gasteiger partial charge in [-0.05, 0) is 6.42 Å². The lowest BCUT2D eigenvalue weighted by Gasteiger charge is -2.16. The average Bonchev–Trinajstić information content (AvgIpc) is 2.21. The van der Waals surface area contributed by atoms with Crippen LogP contribution in [0.1, 0.15) is 26.7 Å². The fraction of sp³-hybridized carbons (Fsp3) is 0.778. The largest absolute Gasteiger partial charge is 0.282 e. The van der Waals surface area contributed by atoms with Crippen LogP contribution >= 0.6 is 15.9 Å².